The predicted molar refractivity (Wildman–Crippen MR) is 129 cm³/mol. The zero-order valence-electron chi connectivity index (χ0n) is 19.2. The summed E-state index contributed by atoms with van der Waals surface area (Å²) in [5, 5.41) is 2.05. The van der Waals surface area contributed by atoms with Crippen LogP contribution >= 0.6 is 0 Å². The third kappa shape index (κ3) is 4.26. The van der Waals surface area contributed by atoms with E-state index in [0.29, 0.717) is 12.4 Å². The second kappa shape index (κ2) is 9.15. The number of aryl methyl sites for hydroxylation is 1. The molecular weight excluding hydrogens is 416 g/mol. The Balaban J connectivity index is 1.29. The topological polar surface area (TPSA) is 77.7 Å². The van der Waals surface area contributed by atoms with Crippen LogP contribution in [0.1, 0.15) is 31.6 Å². The van der Waals surface area contributed by atoms with Gasteiger partial charge in [-0.2, -0.15) is 0 Å². The van der Waals surface area contributed by atoms with Crippen LogP contribution in [-0.2, 0) is 11.2 Å². The minimum absolute atomic E-state index is 0.0182. The van der Waals surface area contributed by atoms with Crippen molar-refractivity contribution >= 4 is 34.1 Å². The fraction of sp³-hybridized carbons (Fsp3) is 0.360. The van der Waals surface area contributed by atoms with Crippen LogP contribution < -0.4 is 4.74 Å². The van der Waals surface area contributed by atoms with Crippen LogP contribution in [0, 0.1) is 0 Å². The maximum absolute atomic E-state index is 6.35. The van der Waals surface area contributed by atoms with E-state index < -0.39 is 0 Å². The molecule has 4 aromatic rings. The van der Waals surface area contributed by atoms with Gasteiger partial charge in [0.25, 0.3) is 0 Å². The number of hydrogen-bond acceptors (Lipinski definition) is 6. The van der Waals surface area contributed by atoms with E-state index in [0.717, 1.165) is 52.5 Å². The molecule has 3 aromatic heterocycles. The lowest BCUT2D eigenvalue weighted by molar-refractivity contribution is -0.0157. The number of aromatic nitrogens is 4. The minimum Gasteiger partial charge on any atom is -0.491 e. The molecule has 0 aliphatic carbocycles. The lowest BCUT2D eigenvalue weighted by atomic mass is 10.1. The maximum Gasteiger partial charge on any atom is 0.166 e. The minimum atomic E-state index is -0.0828. The van der Waals surface area contributed by atoms with Gasteiger partial charge in [-0.15, -0.1) is 0 Å². The largest absolute Gasteiger partial charge is 0.491 e. The van der Waals surface area contributed by atoms with Gasteiger partial charge in [-0.3, -0.25) is 4.98 Å². The molecule has 1 aromatic carbocycles. The Hall–Kier alpha value is -3.52. The molecular formula is C25H28N6O2. The molecule has 5 rings (SSSR count). The van der Waals surface area contributed by atoms with Gasteiger partial charge < -0.3 is 18.9 Å². The Kier molecular flexibility index (Phi) is 5.92. The van der Waals surface area contributed by atoms with Crippen LogP contribution in [0.3, 0.4) is 0 Å². The van der Waals surface area contributed by atoms with E-state index in [-0.39, 0.29) is 12.3 Å². The number of rotatable bonds is 7. The summed E-state index contributed by atoms with van der Waals surface area (Å²) in [6.07, 6.45) is 9.76. The number of ether oxygens (including phenoxy) is 2. The molecule has 1 aliphatic rings. The molecule has 0 bridgehead atoms. The van der Waals surface area contributed by atoms with Crippen LogP contribution in [-0.4, -0.2) is 57.6 Å². The van der Waals surface area contributed by atoms with E-state index in [9.17, 15) is 0 Å². The Morgan fingerprint density at radius 3 is 2.94 bits per heavy atom. The van der Waals surface area contributed by atoms with Crippen LogP contribution in [0.5, 0.6) is 5.75 Å². The summed E-state index contributed by atoms with van der Waals surface area (Å²) in [5.74, 6) is 1.54. The summed E-state index contributed by atoms with van der Waals surface area (Å²) in [6.45, 7) is 2.64. The van der Waals surface area contributed by atoms with E-state index in [4.69, 9.17) is 9.47 Å². The van der Waals surface area contributed by atoms with Crippen molar-refractivity contribution in [1.29, 1.82) is 0 Å². The molecule has 1 fully saturated rings. The van der Waals surface area contributed by atoms with E-state index in [1.165, 1.54) is 0 Å². The zero-order chi connectivity index (χ0) is 22.8. The van der Waals surface area contributed by atoms with E-state index >= 15 is 0 Å². The lowest BCUT2D eigenvalue weighted by Crippen LogP contribution is -2.19. The molecule has 0 N–H and O–H groups in total. The molecule has 170 valence electrons. The number of hydrogen-bond donors (Lipinski definition) is 0. The molecule has 0 radical (unpaired) electrons. The van der Waals surface area contributed by atoms with Gasteiger partial charge >= 0.3 is 0 Å². The van der Waals surface area contributed by atoms with Gasteiger partial charge in [0.05, 0.1) is 23.3 Å². The number of aliphatic imine (C=N–C) groups is 1. The second-order valence-corrected chi connectivity index (χ2v) is 8.44. The van der Waals surface area contributed by atoms with Crippen molar-refractivity contribution in [3.8, 4) is 5.75 Å². The SMILES string of the molecule is CCc1c(OC[C@@H]2CCC(n3ccc4c(N=CN(C)C)ncnc43)O2)ccc2cccnc12. The van der Waals surface area contributed by atoms with Crippen molar-refractivity contribution in [2.75, 3.05) is 20.7 Å². The number of fused-ring (bicyclic) bond motifs is 2. The van der Waals surface area contributed by atoms with Crippen LogP contribution in [0.2, 0.25) is 0 Å². The van der Waals surface area contributed by atoms with Crippen LogP contribution in [0.25, 0.3) is 21.9 Å². The Bertz CT molecular complexity index is 1300. The van der Waals surface area contributed by atoms with Gasteiger partial charge in [0, 0.05) is 37.4 Å². The highest BCUT2D eigenvalue weighted by Gasteiger charge is 2.28. The lowest BCUT2D eigenvalue weighted by Gasteiger charge is -2.18. The monoisotopic (exact) mass is 444 g/mol. The Labute approximate surface area is 192 Å². The molecule has 0 spiro atoms. The first-order chi connectivity index (χ1) is 16.1. The van der Waals surface area contributed by atoms with Gasteiger partial charge in [-0.1, -0.05) is 13.0 Å². The average molecular weight is 445 g/mol. The van der Waals surface area contributed by atoms with Crippen molar-refractivity contribution in [3.63, 3.8) is 0 Å². The molecule has 8 nitrogen and oxygen atoms in total. The normalized spacial score (nSPS) is 18.5. The average Bonchev–Trinajstić information content (AvgIpc) is 3.48. The van der Waals surface area contributed by atoms with Crippen molar-refractivity contribution in [1.82, 2.24) is 24.4 Å². The van der Waals surface area contributed by atoms with Gasteiger partial charge in [0.1, 0.15) is 30.6 Å². The molecule has 0 amide bonds. The fourth-order valence-corrected chi connectivity index (χ4v) is 4.32. The molecule has 2 atom stereocenters. The summed E-state index contributed by atoms with van der Waals surface area (Å²) >= 11 is 0. The van der Waals surface area contributed by atoms with E-state index in [1.54, 1.807) is 12.7 Å². The third-order valence-corrected chi connectivity index (χ3v) is 5.91. The summed E-state index contributed by atoms with van der Waals surface area (Å²) < 4.78 is 14.6. The quantitative estimate of drug-likeness (QED) is 0.308. The summed E-state index contributed by atoms with van der Waals surface area (Å²) in [7, 11) is 3.86. The molecule has 1 aliphatic heterocycles. The van der Waals surface area contributed by atoms with Gasteiger partial charge in [0.15, 0.2) is 5.82 Å². The van der Waals surface area contributed by atoms with Gasteiger partial charge in [-0.25, -0.2) is 15.0 Å². The molecule has 1 unspecified atom stereocenters. The van der Waals surface area contributed by atoms with Crippen molar-refractivity contribution in [2.45, 2.75) is 38.5 Å². The predicted octanol–water partition coefficient (Wildman–Crippen LogP) is 4.52. The van der Waals surface area contributed by atoms with Crippen LogP contribution in [0.15, 0.2) is 54.0 Å². The fourth-order valence-electron chi connectivity index (χ4n) is 4.32. The molecule has 8 heteroatoms. The third-order valence-electron chi connectivity index (χ3n) is 5.91. The van der Waals surface area contributed by atoms with Crippen molar-refractivity contribution in [3.05, 3.63) is 54.6 Å². The Morgan fingerprint density at radius 2 is 2.09 bits per heavy atom. The van der Waals surface area contributed by atoms with E-state index in [1.807, 2.05) is 49.6 Å². The first kappa shape index (κ1) is 21.3. The first-order valence-electron chi connectivity index (χ1n) is 11.3. The second-order valence-electron chi connectivity index (χ2n) is 8.44. The highest BCUT2D eigenvalue weighted by molar-refractivity contribution is 5.87. The molecule has 4 heterocycles. The number of pyridine rings is 1. The molecule has 1 saturated heterocycles. The standard InChI is InChI=1S/C25H28N6O2/c1-4-19-21(9-7-17-6-5-12-26-23(17)19)32-14-18-8-10-22(33-18)31-13-11-20-24(29-16-30(2)3)27-15-28-25(20)31/h5-7,9,11-13,15-16,18,22H,4,8,10,14H2,1-3H3/t18-,22?/m0/s1. The first-order valence-corrected chi connectivity index (χ1v) is 11.3. The Morgan fingerprint density at radius 1 is 1.18 bits per heavy atom. The van der Waals surface area contributed by atoms with Crippen molar-refractivity contribution < 1.29 is 9.47 Å². The summed E-state index contributed by atoms with van der Waals surface area (Å²) in [4.78, 5) is 19.7. The molecule has 0 saturated carbocycles. The maximum atomic E-state index is 6.35. The zero-order valence-corrected chi connectivity index (χ0v) is 19.2. The number of nitrogens with zero attached hydrogens (tertiary/aromatic N) is 6. The van der Waals surface area contributed by atoms with Crippen LogP contribution in [0.4, 0.5) is 5.82 Å². The smallest absolute Gasteiger partial charge is 0.166 e. The molecule has 33 heavy (non-hydrogen) atoms. The highest BCUT2D eigenvalue weighted by Crippen LogP contribution is 2.34. The highest BCUT2D eigenvalue weighted by atomic mass is 16.6. The van der Waals surface area contributed by atoms with Crippen molar-refractivity contribution in [2.24, 2.45) is 4.99 Å². The summed E-state index contributed by atoms with van der Waals surface area (Å²) in [5.41, 5.74) is 2.98. The van der Waals surface area contributed by atoms with Gasteiger partial charge in [-0.05, 0) is 43.5 Å². The van der Waals surface area contributed by atoms with E-state index in [2.05, 4.69) is 43.6 Å². The van der Waals surface area contributed by atoms with Gasteiger partial charge in [0.2, 0.25) is 0 Å². The number of benzene rings is 1. The summed E-state index contributed by atoms with van der Waals surface area (Å²) in [6, 6.07) is 10.2.